The van der Waals surface area contributed by atoms with Crippen molar-refractivity contribution in [3.63, 3.8) is 0 Å². The summed E-state index contributed by atoms with van der Waals surface area (Å²) in [4.78, 5) is 40.6. The summed E-state index contributed by atoms with van der Waals surface area (Å²) in [7, 11) is 0. The minimum Gasteiger partial charge on any atom is -0.395 e. The van der Waals surface area contributed by atoms with Gasteiger partial charge in [0.2, 0.25) is 5.43 Å². The molecule has 1 saturated heterocycles. The SMILES string of the molecule is O=C(Nc1ccc([N+](=O)[O-])cc1)c1cn(C2CC2)c2cc(N3CCN(CCO)CC3)c(F)cc2c1=O. The van der Waals surface area contributed by atoms with Gasteiger partial charge < -0.3 is 19.9 Å². The summed E-state index contributed by atoms with van der Waals surface area (Å²) < 4.78 is 17.1. The van der Waals surface area contributed by atoms with Gasteiger partial charge in [-0.3, -0.25) is 24.6 Å². The molecule has 1 aliphatic carbocycles. The molecule has 2 N–H and O–H groups in total. The second kappa shape index (κ2) is 9.67. The number of piperazine rings is 1. The van der Waals surface area contributed by atoms with Crippen LogP contribution in [0.2, 0.25) is 0 Å². The van der Waals surface area contributed by atoms with Crippen molar-refractivity contribution in [1.82, 2.24) is 9.47 Å². The van der Waals surface area contributed by atoms with E-state index in [1.807, 2.05) is 9.47 Å². The number of benzene rings is 2. The number of carbonyl (C=O) groups excluding carboxylic acids is 1. The van der Waals surface area contributed by atoms with Gasteiger partial charge in [0.05, 0.1) is 22.7 Å². The van der Waals surface area contributed by atoms with Gasteiger partial charge in [0.15, 0.2) is 0 Å². The molecule has 2 fully saturated rings. The van der Waals surface area contributed by atoms with Crippen molar-refractivity contribution >= 4 is 33.9 Å². The van der Waals surface area contributed by atoms with Crippen molar-refractivity contribution in [2.75, 3.05) is 49.5 Å². The van der Waals surface area contributed by atoms with E-state index in [0.717, 1.165) is 12.8 Å². The van der Waals surface area contributed by atoms with Crippen LogP contribution >= 0.6 is 0 Å². The number of rotatable bonds is 7. The number of aliphatic hydroxyl groups is 1. The fourth-order valence-corrected chi connectivity index (χ4v) is 4.64. The second-order valence-electron chi connectivity index (χ2n) is 9.14. The Kier molecular flexibility index (Phi) is 6.42. The average molecular weight is 496 g/mol. The number of hydrogen-bond donors (Lipinski definition) is 2. The summed E-state index contributed by atoms with van der Waals surface area (Å²) >= 11 is 0. The van der Waals surface area contributed by atoms with Crippen molar-refractivity contribution in [3.8, 4) is 0 Å². The minimum absolute atomic E-state index is 0.0815. The van der Waals surface area contributed by atoms with Crippen LogP contribution in [0.4, 0.5) is 21.5 Å². The number of amides is 1. The monoisotopic (exact) mass is 495 g/mol. The maximum atomic E-state index is 15.3. The maximum Gasteiger partial charge on any atom is 0.269 e. The first-order chi connectivity index (χ1) is 17.4. The van der Waals surface area contributed by atoms with E-state index in [9.17, 15) is 19.7 Å². The Morgan fingerprint density at radius 2 is 1.83 bits per heavy atom. The molecule has 2 heterocycles. The smallest absolute Gasteiger partial charge is 0.269 e. The number of nitro benzene ring substituents is 1. The first-order valence-electron chi connectivity index (χ1n) is 11.9. The molecule has 1 saturated carbocycles. The number of aromatic nitrogens is 1. The van der Waals surface area contributed by atoms with Gasteiger partial charge in [-0.15, -0.1) is 0 Å². The Balaban J connectivity index is 1.48. The molecular weight excluding hydrogens is 469 g/mol. The molecule has 10 nitrogen and oxygen atoms in total. The van der Waals surface area contributed by atoms with Crippen LogP contribution in [0.3, 0.4) is 0 Å². The van der Waals surface area contributed by atoms with Crippen LogP contribution in [0.15, 0.2) is 47.4 Å². The van der Waals surface area contributed by atoms with Crippen LogP contribution in [0.5, 0.6) is 0 Å². The topological polar surface area (TPSA) is 121 Å². The number of pyridine rings is 1. The van der Waals surface area contributed by atoms with Crippen LogP contribution in [-0.4, -0.2) is 64.7 Å². The molecule has 188 valence electrons. The molecule has 0 spiro atoms. The van der Waals surface area contributed by atoms with Crippen LogP contribution in [0.25, 0.3) is 10.9 Å². The summed E-state index contributed by atoms with van der Waals surface area (Å²) in [6.45, 7) is 3.28. The van der Waals surface area contributed by atoms with Crippen molar-refractivity contribution in [3.05, 3.63) is 74.3 Å². The van der Waals surface area contributed by atoms with E-state index in [1.165, 1.54) is 36.5 Å². The third-order valence-corrected chi connectivity index (χ3v) is 6.75. The number of non-ortho nitro benzene ring substituents is 1. The highest BCUT2D eigenvalue weighted by Crippen LogP contribution is 2.38. The molecule has 36 heavy (non-hydrogen) atoms. The minimum atomic E-state index is -0.658. The summed E-state index contributed by atoms with van der Waals surface area (Å²) in [5.74, 6) is -1.18. The zero-order chi connectivity index (χ0) is 25.4. The second-order valence-corrected chi connectivity index (χ2v) is 9.14. The van der Waals surface area contributed by atoms with E-state index in [4.69, 9.17) is 5.11 Å². The third kappa shape index (κ3) is 4.67. The predicted molar refractivity (Wildman–Crippen MR) is 133 cm³/mol. The van der Waals surface area contributed by atoms with Gasteiger partial charge in [-0.2, -0.15) is 0 Å². The van der Waals surface area contributed by atoms with Crippen molar-refractivity contribution in [2.24, 2.45) is 0 Å². The Labute approximate surface area is 205 Å². The van der Waals surface area contributed by atoms with Crippen molar-refractivity contribution in [2.45, 2.75) is 18.9 Å². The molecule has 5 rings (SSSR count). The molecule has 0 bridgehead atoms. The van der Waals surface area contributed by atoms with E-state index in [0.29, 0.717) is 49.6 Å². The summed E-state index contributed by atoms with van der Waals surface area (Å²) in [6.07, 6.45) is 3.33. The standard InChI is InChI=1S/C25H26FN5O5/c26-21-13-19-22(14-23(21)29-9-7-28(8-10-29)11-12-32)30(17-5-6-17)15-20(24(19)33)25(34)27-16-1-3-18(4-2-16)31(35)36/h1-4,13-15,17,32H,5-12H2,(H,27,34). The van der Waals surface area contributed by atoms with Crippen LogP contribution in [-0.2, 0) is 0 Å². The zero-order valence-electron chi connectivity index (χ0n) is 19.5. The lowest BCUT2D eigenvalue weighted by Crippen LogP contribution is -2.47. The fourth-order valence-electron chi connectivity index (χ4n) is 4.64. The first-order valence-corrected chi connectivity index (χ1v) is 11.9. The molecule has 0 unspecified atom stereocenters. The maximum absolute atomic E-state index is 15.3. The normalized spacial score (nSPS) is 16.3. The Hall–Kier alpha value is -3.83. The third-order valence-electron chi connectivity index (χ3n) is 6.75. The van der Waals surface area contributed by atoms with Crippen molar-refractivity contribution < 1.29 is 19.2 Å². The average Bonchev–Trinajstić information content (AvgIpc) is 3.71. The lowest BCUT2D eigenvalue weighted by Gasteiger charge is -2.36. The number of hydrogen-bond acceptors (Lipinski definition) is 7. The number of fused-ring (bicyclic) bond motifs is 1. The van der Waals surface area contributed by atoms with Crippen LogP contribution in [0, 0.1) is 15.9 Å². The highest BCUT2D eigenvalue weighted by Gasteiger charge is 2.28. The lowest BCUT2D eigenvalue weighted by atomic mass is 10.1. The predicted octanol–water partition coefficient (Wildman–Crippen LogP) is 2.75. The van der Waals surface area contributed by atoms with Gasteiger partial charge in [0.25, 0.3) is 11.6 Å². The molecule has 3 aromatic rings. The highest BCUT2D eigenvalue weighted by molar-refractivity contribution is 6.06. The van der Waals surface area contributed by atoms with Gasteiger partial charge in [-0.1, -0.05) is 0 Å². The zero-order valence-corrected chi connectivity index (χ0v) is 19.5. The van der Waals surface area contributed by atoms with E-state index >= 15 is 4.39 Å². The number of halogens is 1. The van der Waals surface area contributed by atoms with Crippen LogP contribution < -0.4 is 15.6 Å². The van der Waals surface area contributed by atoms with Gasteiger partial charge in [0, 0.05) is 68.2 Å². The number of β-amino-alcohol motifs (C(OH)–C–C–N with tert-alkyl or cyclic N) is 1. The largest absolute Gasteiger partial charge is 0.395 e. The van der Waals surface area contributed by atoms with Gasteiger partial charge >= 0.3 is 0 Å². The van der Waals surface area contributed by atoms with E-state index < -0.39 is 22.1 Å². The molecule has 1 aliphatic heterocycles. The number of anilines is 2. The molecule has 0 radical (unpaired) electrons. The van der Waals surface area contributed by atoms with E-state index in [-0.39, 0.29) is 29.3 Å². The molecule has 1 amide bonds. The Bertz CT molecular complexity index is 1380. The molecule has 0 atom stereocenters. The molecular formula is C25H26FN5O5. The van der Waals surface area contributed by atoms with Gasteiger partial charge in [0.1, 0.15) is 11.4 Å². The van der Waals surface area contributed by atoms with Gasteiger partial charge in [-0.25, -0.2) is 4.39 Å². The number of nitrogens with one attached hydrogen (secondary N) is 1. The lowest BCUT2D eigenvalue weighted by molar-refractivity contribution is -0.384. The highest BCUT2D eigenvalue weighted by atomic mass is 19.1. The van der Waals surface area contributed by atoms with Crippen LogP contribution in [0.1, 0.15) is 29.2 Å². The number of carbonyl (C=O) groups is 1. The first kappa shape index (κ1) is 23.9. The quantitative estimate of drug-likeness (QED) is 0.382. The molecule has 11 heteroatoms. The Morgan fingerprint density at radius 1 is 1.14 bits per heavy atom. The van der Waals surface area contributed by atoms with E-state index in [1.54, 1.807) is 6.07 Å². The summed E-state index contributed by atoms with van der Waals surface area (Å²) in [5.41, 5.74) is 0.518. The summed E-state index contributed by atoms with van der Waals surface area (Å²) in [6, 6.07) is 8.35. The number of nitrogens with zero attached hydrogens (tertiary/aromatic N) is 4. The van der Waals surface area contributed by atoms with E-state index in [2.05, 4.69) is 10.2 Å². The summed E-state index contributed by atoms with van der Waals surface area (Å²) in [5, 5.41) is 22.8. The molecule has 1 aromatic heterocycles. The van der Waals surface area contributed by atoms with Gasteiger partial charge in [-0.05, 0) is 37.1 Å². The molecule has 2 aromatic carbocycles. The Morgan fingerprint density at radius 3 is 2.44 bits per heavy atom. The fraction of sp³-hybridized carbons (Fsp3) is 0.360. The number of aliphatic hydroxyl groups excluding tert-OH is 1. The number of nitro groups is 1. The van der Waals surface area contributed by atoms with Crippen molar-refractivity contribution in [1.29, 1.82) is 0 Å². The molecule has 2 aliphatic rings.